The summed E-state index contributed by atoms with van der Waals surface area (Å²) in [4.78, 5) is 20.8. The lowest BCUT2D eigenvalue weighted by molar-refractivity contribution is -0.139. The number of nitroso groups, excluding NO2 is 1. The van der Waals surface area contributed by atoms with Crippen LogP contribution in [0.3, 0.4) is 0 Å². The fraction of sp³-hybridized carbons (Fsp3) is 0.857. The third kappa shape index (κ3) is 2.01. The molecule has 0 spiro atoms. The van der Waals surface area contributed by atoms with Crippen LogP contribution in [0.4, 0.5) is 0 Å². The predicted octanol–water partition coefficient (Wildman–Crippen LogP) is 0.777. The lowest BCUT2D eigenvalue weighted by atomic mass is 9.88. The fourth-order valence-corrected chi connectivity index (χ4v) is 1.33. The van der Waals surface area contributed by atoms with Gasteiger partial charge in [0.05, 0.1) is 6.42 Å². The minimum Gasteiger partial charge on any atom is -0.481 e. The molecule has 0 aromatic rings. The molecule has 0 aliphatic carbocycles. The second-order valence-electron chi connectivity index (χ2n) is 3.00. The summed E-state index contributed by atoms with van der Waals surface area (Å²) in [5.74, 6) is -0.975. The molecule has 0 aromatic carbocycles. The van der Waals surface area contributed by atoms with E-state index in [-0.39, 0.29) is 6.42 Å². The van der Waals surface area contributed by atoms with Crippen LogP contribution in [-0.2, 0) is 9.53 Å². The quantitative estimate of drug-likeness (QED) is 0.639. The normalized spacial score (nSPS) is 21.7. The topological polar surface area (TPSA) is 76.0 Å². The smallest absolute Gasteiger partial charge is 0.305 e. The van der Waals surface area contributed by atoms with Crippen LogP contribution in [0.5, 0.6) is 0 Å². The van der Waals surface area contributed by atoms with Gasteiger partial charge in [-0.15, -0.1) is 0 Å². The number of hydrogen-bond acceptors (Lipinski definition) is 4. The summed E-state index contributed by atoms with van der Waals surface area (Å²) in [5, 5.41) is 11.4. The average molecular weight is 173 g/mol. The third-order valence-corrected chi connectivity index (χ3v) is 2.10. The van der Waals surface area contributed by atoms with Crippen molar-refractivity contribution in [1.82, 2.24) is 0 Å². The van der Waals surface area contributed by atoms with Crippen LogP contribution in [-0.4, -0.2) is 29.8 Å². The van der Waals surface area contributed by atoms with E-state index in [9.17, 15) is 9.70 Å². The van der Waals surface area contributed by atoms with Gasteiger partial charge in [-0.3, -0.25) is 4.79 Å². The molecule has 5 heteroatoms. The number of ether oxygens (including phenoxy) is 1. The summed E-state index contributed by atoms with van der Waals surface area (Å²) in [6.45, 7) is 0.859. The van der Waals surface area contributed by atoms with E-state index >= 15 is 0 Å². The van der Waals surface area contributed by atoms with Crippen molar-refractivity contribution >= 4 is 5.97 Å². The summed E-state index contributed by atoms with van der Waals surface area (Å²) < 4.78 is 5.02. The van der Waals surface area contributed by atoms with E-state index in [1.165, 1.54) is 0 Å². The molecule has 1 aliphatic heterocycles. The molecule has 0 atom stereocenters. The van der Waals surface area contributed by atoms with Crippen molar-refractivity contribution in [3.05, 3.63) is 4.91 Å². The van der Waals surface area contributed by atoms with E-state index in [2.05, 4.69) is 5.18 Å². The standard InChI is InChI=1S/C7H11NO4/c9-6(10)5-7(8-11)1-3-12-4-2-7/h1-5H2,(H,9,10). The van der Waals surface area contributed by atoms with Crippen LogP contribution < -0.4 is 0 Å². The first-order valence-corrected chi connectivity index (χ1v) is 3.83. The Bertz CT molecular complexity index is 186. The Hall–Kier alpha value is -0.970. The molecule has 0 bridgehead atoms. The van der Waals surface area contributed by atoms with Crippen molar-refractivity contribution in [3.63, 3.8) is 0 Å². The number of aliphatic carboxylic acids is 1. The van der Waals surface area contributed by atoms with Gasteiger partial charge in [0, 0.05) is 26.1 Å². The maximum Gasteiger partial charge on any atom is 0.305 e. The molecule has 12 heavy (non-hydrogen) atoms. The van der Waals surface area contributed by atoms with Crippen LogP contribution in [0.25, 0.3) is 0 Å². The Morgan fingerprint density at radius 1 is 1.50 bits per heavy atom. The molecule has 0 unspecified atom stereocenters. The van der Waals surface area contributed by atoms with E-state index in [1.54, 1.807) is 0 Å². The highest BCUT2D eigenvalue weighted by molar-refractivity contribution is 5.68. The summed E-state index contributed by atoms with van der Waals surface area (Å²) in [5.41, 5.74) is -0.913. The summed E-state index contributed by atoms with van der Waals surface area (Å²) in [6, 6.07) is 0. The van der Waals surface area contributed by atoms with Gasteiger partial charge < -0.3 is 9.84 Å². The van der Waals surface area contributed by atoms with Crippen molar-refractivity contribution < 1.29 is 14.6 Å². The highest BCUT2D eigenvalue weighted by Gasteiger charge is 2.36. The molecule has 68 valence electrons. The highest BCUT2D eigenvalue weighted by atomic mass is 16.5. The zero-order valence-corrected chi connectivity index (χ0v) is 6.65. The van der Waals surface area contributed by atoms with E-state index in [1.807, 2.05) is 0 Å². The van der Waals surface area contributed by atoms with Gasteiger partial charge in [-0.2, -0.15) is 4.91 Å². The molecule has 5 nitrogen and oxygen atoms in total. The van der Waals surface area contributed by atoms with Crippen LogP contribution in [0.2, 0.25) is 0 Å². The SMILES string of the molecule is O=NC1(CC(=O)O)CCOCC1. The molecule has 0 amide bonds. The molecular weight excluding hydrogens is 162 g/mol. The second kappa shape index (κ2) is 3.62. The zero-order chi connectivity index (χ0) is 9.03. The number of rotatable bonds is 3. The first-order chi connectivity index (χ1) is 5.68. The van der Waals surface area contributed by atoms with Crippen LogP contribution in [0.1, 0.15) is 19.3 Å². The van der Waals surface area contributed by atoms with E-state index in [0.29, 0.717) is 26.1 Å². The number of carbonyl (C=O) groups is 1. The second-order valence-corrected chi connectivity index (χ2v) is 3.00. The maximum atomic E-state index is 10.4. The molecular formula is C7H11NO4. The highest BCUT2D eigenvalue weighted by Crippen LogP contribution is 2.28. The Morgan fingerprint density at radius 3 is 2.50 bits per heavy atom. The Kier molecular flexibility index (Phi) is 2.75. The summed E-state index contributed by atoms with van der Waals surface area (Å²) in [6.07, 6.45) is 0.658. The average Bonchev–Trinajstić information content (AvgIpc) is 2.05. The van der Waals surface area contributed by atoms with Gasteiger partial charge in [-0.1, -0.05) is 5.18 Å². The van der Waals surface area contributed by atoms with Gasteiger partial charge in [0.15, 0.2) is 0 Å². The number of hydrogen-bond donors (Lipinski definition) is 1. The molecule has 1 saturated heterocycles. The van der Waals surface area contributed by atoms with Gasteiger partial charge >= 0.3 is 5.97 Å². The Balaban J connectivity index is 2.59. The van der Waals surface area contributed by atoms with Crippen LogP contribution in [0.15, 0.2) is 5.18 Å². The van der Waals surface area contributed by atoms with Crippen LogP contribution >= 0.6 is 0 Å². The van der Waals surface area contributed by atoms with Gasteiger partial charge in [-0.25, -0.2) is 0 Å². The van der Waals surface area contributed by atoms with Crippen molar-refractivity contribution in [2.45, 2.75) is 24.8 Å². The molecule has 0 saturated carbocycles. The monoisotopic (exact) mass is 173 g/mol. The van der Waals surface area contributed by atoms with Crippen molar-refractivity contribution in [2.75, 3.05) is 13.2 Å². The number of carboxylic acids is 1. The molecule has 1 heterocycles. The van der Waals surface area contributed by atoms with E-state index in [4.69, 9.17) is 9.84 Å². The van der Waals surface area contributed by atoms with Gasteiger partial charge in [0.25, 0.3) is 0 Å². The molecule has 0 aromatic heterocycles. The first kappa shape index (κ1) is 9.12. The largest absolute Gasteiger partial charge is 0.481 e. The molecule has 1 aliphatic rings. The summed E-state index contributed by atoms with van der Waals surface area (Å²) in [7, 11) is 0. The minimum atomic E-state index is -0.975. The van der Waals surface area contributed by atoms with Gasteiger partial charge in [0.2, 0.25) is 0 Å². The summed E-state index contributed by atoms with van der Waals surface area (Å²) >= 11 is 0. The first-order valence-electron chi connectivity index (χ1n) is 3.83. The van der Waals surface area contributed by atoms with E-state index in [0.717, 1.165) is 0 Å². The van der Waals surface area contributed by atoms with Crippen molar-refractivity contribution in [2.24, 2.45) is 5.18 Å². The molecule has 0 radical (unpaired) electrons. The van der Waals surface area contributed by atoms with Gasteiger partial charge in [-0.05, 0) is 0 Å². The maximum absolute atomic E-state index is 10.4. The lowest BCUT2D eigenvalue weighted by Crippen LogP contribution is -2.36. The van der Waals surface area contributed by atoms with Gasteiger partial charge in [0.1, 0.15) is 5.54 Å². The number of carboxylic acid groups (broad SMARTS) is 1. The van der Waals surface area contributed by atoms with Crippen molar-refractivity contribution in [1.29, 1.82) is 0 Å². The van der Waals surface area contributed by atoms with E-state index < -0.39 is 11.5 Å². The van der Waals surface area contributed by atoms with Crippen LogP contribution in [0, 0.1) is 4.91 Å². The zero-order valence-electron chi connectivity index (χ0n) is 6.65. The minimum absolute atomic E-state index is 0.181. The molecule has 1 fully saturated rings. The predicted molar refractivity (Wildman–Crippen MR) is 40.8 cm³/mol. The van der Waals surface area contributed by atoms with Crippen molar-refractivity contribution in [3.8, 4) is 0 Å². The molecule has 1 rings (SSSR count). The fourth-order valence-electron chi connectivity index (χ4n) is 1.33. The number of nitrogens with zero attached hydrogens (tertiary/aromatic N) is 1. The Morgan fingerprint density at radius 2 is 2.08 bits per heavy atom. The Labute approximate surface area is 69.7 Å². The lowest BCUT2D eigenvalue weighted by Gasteiger charge is -2.28. The molecule has 1 N–H and O–H groups in total. The third-order valence-electron chi connectivity index (χ3n) is 2.10.